The van der Waals surface area contributed by atoms with Gasteiger partial charge >= 0.3 is 0 Å². The second kappa shape index (κ2) is 10.7. The number of nitrogens with zero attached hydrogens (tertiary/aromatic N) is 4. The number of aromatic nitrogens is 3. The molecular weight excluding hydrogens is 444 g/mol. The van der Waals surface area contributed by atoms with Crippen molar-refractivity contribution < 1.29 is 9.47 Å². The summed E-state index contributed by atoms with van der Waals surface area (Å²) in [5.41, 5.74) is 1.84. The van der Waals surface area contributed by atoms with Crippen LogP contribution >= 0.6 is 23.4 Å². The van der Waals surface area contributed by atoms with Crippen molar-refractivity contribution >= 4 is 23.4 Å². The van der Waals surface area contributed by atoms with Gasteiger partial charge < -0.3 is 9.47 Å². The van der Waals surface area contributed by atoms with E-state index in [9.17, 15) is 0 Å². The van der Waals surface area contributed by atoms with Crippen molar-refractivity contribution in [2.24, 2.45) is 5.92 Å². The number of rotatable bonds is 8. The third-order valence-electron chi connectivity index (χ3n) is 5.31. The maximum absolute atomic E-state index is 6.14. The fraction of sp³-hybridized carbons (Fsp3) is 0.417. The summed E-state index contributed by atoms with van der Waals surface area (Å²) in [6, 6.07) is 15.6. The summed E-state index contributed by atoms with van der Waals surface area (Å²) >= 11 is 7.81. The van der Waals surface area contributed by atoms with E-state index in [0.29, 0.717) is 10.9 Å². The highest BCUT2D eigenvalue weighted by atomic mass is 35.5. The smallest absolute Gasteiger partial charge is 0.196 e. The molecule has 0 aliphatic carbocycles. The van der Waals surface area contributed by atoms with E-state index in [4.69, 9.17) is 21.1 Å². The van der Waals surface area contributed by atoms with Crippen LogP contribution in [-0.2, 0) is 4.74 Å². The van der Waals surface area contributed by atoms with Crippen LogP contribution in [0.2, 0.25) is 5.02 Å². The molecule has 32 heavy (non-hydrogen) atoms. The molecule has 0 amide bonds. The second-order valence-corrected chi connectivity index (χ2v) is 9.70. The molecule has 1 aliphatic rings. The summed E-state index contributed by atoms with van der Waals surface area (Å²) in [6.07, 6.45) is 0.164. The number of ether oxygens (including phenoxy) is 2. The first-order valence-electron chi connectivity index (χ1n) is 10.9. The molecule has 170 valence electrons. The van der Waals surface area contributed by atoms with Gasteiger partial charge in [0.2, 0.25) is 0 Å². The Bertz CT molecular complexity index is 1030. The Kier molecular flexibility index (Phi) is 7.73. The number of para-hydroxylation sites is 1. The maximum atomic E-state index is 6.14. The Morgan fingerprint density at radius 3 is 2.69 bits per heavy atom. The standard InChI is InChI=1S/C24H29ClN4O2S/c1-17(2)14-28-12-13-31-20(15-28)16-32-24-27-26-23(21-6-4-5-7-22(21)30-3)29(24)19-10-8-18(25)9-11-19/h4-11,17,20H,12-16H2,1-3H3. The molecule has 0 bridgehead atoms. The van der Waals surface area contributed by atoms with Gasteiger partial charge in [0, 0.05) is 36.1 Å². The number of thioether (sulfide) groups is 1. The molecule has 0 radical (unpaired) electrons. The van der Waals surface area contributed by atoms with E-state index in [2.05, 4.69) is 33.5 Å². The molecule has 1 aromatic heterocycles. The van der Waals surface area contributed by atoms with Gasteiger partial charge in [-0.2, -0.15) is 0 Å². The third-order valence-corrected chi connectivity index (χ3v) is 6.62. The van der Waals surface area contributed by atoms with Crippen molar-refractivity contribution in [1.29, 1.82) is 0 Å². The van der Waals surface area contributed by atoms with E-state index < -0.39 is 0 Å². The van der Waals surface area contributed by atoms with Crippen LogP contribution in [0.15, 0.2) is 53.7 Å². The molecular formula is C24H29ClN4O2S. The van der Waals surface area contributed by atoms with Crippen molar-refractivity contribution in [2.45, 2.75) is 25.1 Å². The van der Waals surface area contributed by atoms with Crippen LogP contribution in [0.3, 0.4) is 0 Å². The summed E-state index contributed by atoms with van der Waals surface area (Å²) in [5.74, 6) is 2.95. The molecule has 1 fully saturated rings. The van der Waals surface area contributed by atoms with Crippen LogP contribution in [0.5, 0.6) is 5.75 Å². The SMILES string of the molecule is COc1ccccc1-c1nnc(SCC2CN(CC(C)C)CCO2)n1-c1ccc(Cl)cc1. The molecule has 1 atom stereocenters. The van der Waals surface area contributed by atoms with Gasteiger partial charge in [0.05, 0.1) is 25.4 Å². The molecule has 2 heterocycles. The minimum Gasteiger partial charge on any atom is -0.496 e. The third kappa shape index (κ3) is 5.46. The number of halogens is 1. The van der Waals surface area contributed by atoms with Crippen molar-refractivity contribution in [3.05, 3.63) is 53.6 Å². The first-order chi connectivity index (χ1) is 15.5. The molecule has 2 aromatic carbocycles. The lowest BCUT2D eigenvalue weighted by molar-refractivity contribution is -0.0191. The number of hydrogen-bond acceptors (Lipinski definition) is 6. The van der Waals surface area contributed by atoms with Gasteiger partial charge in [0.25, 0.3) is 0 Å². The highest BCUT2D eigenvalue weighted by molar-refractivity contribution is 7.99. The summed E-state index contributed by atoms with van der Waals surface area (Å²) in [4.78, 5) is 2.49. The van der Waals surface area contributed by atoms with Crippen LogP contribution in [-0.4, -0.2) is 64.9 Å². The lowest BCUT2D eigenvalue weighted by Gasteiger charge is -2.33. The molecule has 6 nitrogen and oxygen atoms in total. The van der Waals surface area contributed by atoms with Crippen LogP contribution in [0.25, 0.3) is 17.1 Å². The van der Waals surface area contributed by atoms with E-state index in [1.54, 1.807) is 18.9 Å². The second-order valence-electron chi connectivity index (χ2n) is 8.28. The molecule has 1 saturated heterocycles. The number of hydrogen-bond donors (Lipinski definition) is 0. The van der Waals surface area contributed by atoms with Gasteiger partial charge in [-0.3, -0.25) is 9.47 Å². The lowest BCUT2D eigenvalue weighted by atomic mass is 10.2. The van der Waals surface area contributed by atoms with Crippen LogP contribution in [0.1, 0.15) is 13.8 Å². The van der Waals surface area contributed by atoms with Crippen molar-refractivity contribution in [2.75, 3.05) is 39.1 Å². The zero-order chi connectivity index (χ0) is 22.5. The Balaban J connectivity index is 1.61. The quantitative estimate of drug-likeness (QED) is 0.428. The predicted octanol–water partition coefficient (Wildman–Crippen LogP) is 5.05. The van der Waals surface area contributed by atoms with Crippen molar-refractivity contribution in [1.82, 2.24) is 19.7 Å². The van der Waals surface area contributed by atoms with E-state index in [1.165, 1.54) is 0 Å². The fourth-order valence-electron chi connectivity index (χ4n) is 3.92. The van der Waals surface area contributed by atoms with Gasteiger partial charge in [-0.1, -0.05) is 49.3 Å². The van der Waals surface area contributed by atoms with E-state index in [0.717, 1.165) is 60.0 Å². The summed E-state index contributed by atoms with van der Waals surface area (Å²) in [5, 5.41) is 10.6. The Morgan fingerprint density at radius 2 is 1.94 bits per heavy atom. The molecule has 0 saturated carbocycles. The van der Waals surface area contributed by atoms with Crippen molar-refractivity contribution in [3.8, 4) is 22.8 Å². The van der Waals surface area contributed by atoms with E-state index in [1.807, 2.05) is 48.5 Å². The van der Waals surface area contributed by atoms with Gasteiger partial charge in [-0.05, 0) is 42.3 Å². The average molecular weight is 473 g/mol. The zero-order valence-electron chi connectivity index (χ0n) is 18.7. The minimum atomic E-state index is 0.164. The Morgan fingerprint density at radius 1 is 1.16 bits per heavy atom. The minimum absolute atomic E-state index is 0.164. The average Bonchev–Trinajstić information content (AvgIpc) is 3.21. The van der Waals surface area contributed by atoms with Crippen molar-refractivity contribution in [3.63, 3.8) is 0 Å². The molecule has 0 N–H and O–H groups in total. The van der Waals surface area contributed by atoms with Crippen LogP contribution < -0.4 is 4.74 Å². The number of benzene rings is 2. The Labute approximate surface area is 198 Å². The number of methoxy groups -OCH3 is 1. The molecule has 4 rings (SSSR count). The van der Waals surface area contributed by atoms with E-state index in [-0.39, 0.29) is 6.10 Å². The zero-order valence-corrected chi connectivity index (χ0v) is 20.3. The summed E-state index contributed by atoms with van der Waals surface area (Å²) in [7, 11) is 1.67. The molecule has 1 aliphatic heterocycles. The molecule has 1 unspecified atom stereocenters. The Hall–Kier alpha value is -2.06. The molecule has 8 heteroatoms. The first kappa shape index (κ1) is 23.1. The highest BCUT2D eigenvalue weighted by Gasteiger charge is 2.24. The molecule has 0 spiro atoms. The van der Waals surface area contributed by atoms with E-state index >= 15 is 0 Å². The van der Waals surface area contributed by atoms with Gasteiger partial charge in [0.15, 0.2) is 11.0 Å². The van der Waals surface area contributed by atoms with Crippen LogP contribution in [0, 0.1) is 5.92 Å². The molecule has 3 aromatic rings. The lowest BCUT2D eigenvalue weighted by Crippen LogP contribution is -2.44. The maximum Gasteiger partial charge on any atom is 0.196 e. The summed E-state index contributed by atoms with van der Waals surface area (Å²) < 4.78 is 13.7. The normalized spacial score (nSPS) is 17.1. The van der Waals surface area contributed by atoms with Crippen LogP contribution in [0.4, 0.5) is 0 Å². The van der Waals surface area contributed by atoms with Gasteiger partial charge in [-0.25, -0.2) is 0 Å². The highest BCUT2D eigenvalue weighted by Crippen LogP contribution is 2.34. The topological polar surface area (TPSA) is 52.4 Å². The predicted molar refractivity (Wildman–Crippen MR) is 130 cm³/mol. The first-order valence-corrected chi connectivity index (χ1v) is 12.2. The van der Waals surface area contributed by atoms with Gasteiger partial charge in [-0.15, -0.1) is 10.2 Å². The summed E-state index contributed by atoms with van der Waals surface area (Å²) in [6.45, 7) is 8.33. The monoisotopic (exact) mass is 472 g/mol. The fourth-order valence-corrected chi connectivity index (χ4v) is 5.00. The largest absolute Gasteiger partial charge is 0.496 e. The number of morpholine rings is 1. The van der Waals surface area contributed by atoms with Gasteiger partial charge in [0.1, 0.15) is 5.75 Å².